The number of benzene rings is 1. The van der Waals surface area contributed by atoms with Crippen molar-refractivity contribution in [2.75, 3.05) is 10.6 Å². The lowest BCUT2D eigenvalue weighted by molar-refractivity contribution is -0.117. The number of nitrogens with zero attached hydrogens (tertiary/aromatic N) is 1. The Hall–Kier alpha value is -2.40. The molecule has 2 aliphatic heterocycles. The highest BCUT2D eigenvalue weighted by atomic mass is 16.1. The first-order valence-corrected chi connectivity index (χ1v) is 9.08. The molecular formula is C20H24N4O. The molecule has 2 bridgehead atoms. The van der Waals surface area contributed by atoms with Crippen molar-refractivity contribution in [2.45, 2.75) is 44.2 Å². The van der Waals surface area contributed by atoms with Crippen LogP contribution in [0.2, 0.25) is 0 Å². The molecule has 4 rings (SSSR count). The highest BCUT2D eigenvalue weighted by molar-refractivity contribution is 5.90. The first kappa shape index (κ1) is 16.1. The van der Waals surface area contributed by atoms with Gasteiger partial charge >= 0.3 is 0 Å². The number of hydrogen-bond acceptors (Lipinski definition) is 4. The van der Waals surface area contributed by atoms with Crippen molar-refractivity contribution >= 4 is 23.1 Å². The van der Waals surface area contributed by atoms with Gasteiger partial charge < -0.3 is 16.0 Å². The molecule has 5 heteroatoms. The van der Waals surface area contributed by atoms with E-state index in [1.54, 1.807) is 6.20 Å². The van der Waals surface area contributed by atoms with Gasteiger partial charge in [-0.15, -0.1) is 0 Å². The van der Waals surface area contributed by atoms with Crippen LogP contribution in [0.5, 0.6) is 0 Å². The second-order valence-corrected chi connectivity index (χ2v) is 7.15. The number of amides is 1. The molecule has 2 unspecified atom stereocenters. The van der Waals surface area contributed by atoms with Crippen molar-refractivity contribution < 1.29 is 4.79 Å². The van der Waals surface area contributed by atoms with Crippen LogP contribution >= 0.6 is 0 Å². The average Bonchev–Trinajstić information content (AvgIpc) is 2.96. The van der Waals surface area contributed by atoms with E-state index in [4.69, 9.17) is 0 Å². The fraction of sp³-hybridized carbons (Fsp3) is 0.400. The molecule has 0 spiro atoms. The van der Waals surface area contributed by atoms with Crippen molar-refractivity contribution in [3.63, 3.8) is 0 Å². The number of carbonyl (C=O) groups is 1. The summed E-state index contributed by atoms with van der Waals surface area (Å²) in [6.07, 6.45) is 7.10. The zero-order valence-corrected chi connectivity index (χ0v) is 14.2. The number of rotatable bonds is 5. The van der Waals surface area contributed by atoms with Gasteiger partial charge in [-0.05, 0) is 55.9 Å². The van der Waals surface area contributed by atoms with E-state index in [-0.39, 0.29) is 5.91 Å². The van der Waals surface area contributed by atoms with Gasteiger partial charge in [-0.3, -0.25) is 4.79 Å². The first-order valence-electron chi connectivity index (χ1n) is 9.08. The van der Waals surface area contributed by atoms with E-state index in [9.17, 15) is 4.79 Å². The Kier molecular flexibility index (Phi) is 4.65. The van der Waals surface area contributed by atoms with E-state index in [1.165, 1.54) is 12.8 Å². The van der Waals surface area contributed by atoms with Crippen LogP contribution in [-0.4, -0.2) is 23.0 Å². The Bertz CT molecular complexity index is 704. The maximum Gasteiger partial charge on any atom is 0.224 e. The third-order valence-electron chi connectivity index (χ3n) is 5.14. The SMILES string of the molecule is O=C(CC1CC2CCC(C1)N2)Nc1ccc(Nc2ccccc2)nc1. The van der Waals surface area contributed by atoms with Gasteiger partial charge in [-0.2, -0.15) is 0 Å². The number of fused-ring (bicyclic) bond motifs is 2. The van der Waals surface area contributed by atoms with Crippen molar-refractivity contribution in [3.8, 4) is 0 Å². The Morgan fingerprint density at radius 1 is 1.04 bits per heavy atom. The van der Waals surface area contributed by atoms with Crippen molar-refractivity contribution in [1.82, 2.24) is 10.3 Å². The number of anilines is 3. The molecule has 3 heterocycles. The third-order valence-corrected chi connectivity index (χ3v) is 5.14. The molecule has 2 aromatic rings. The molecule has 3 N–H and O–H groups in total. The highest BCUT2D eigenvalue weighted by Gasteiger charge is 2.34. The molecule has 1 aromatic carbocycles. The zero-order chi connectivity index (χ0) is 17.1. The summed E-state index contributed by atoms with van der Waals surface area (Å²) in [7, 11) is 0. The molecule has 1 amide bonds. The van der Waals surface area contributed by atoms with Crippen LogP contribution in [0.4, 0.5) is 17.2 Å². The van der Waals surface area contributed by atoms with Gasteiger partial charge in [0.1, 0.15) is 5.82 Å². The molecule has 25 heavy (non-hydrogen) atoms. The topological polar surface area (TPSA) is 66.1 Å². The van der Waals surface area contributed by atoms with Crippen molar-refractivity contribution in [1.29, 1.82) is 0 Å². The van der Waals surface area contributed by atoms with Gasteiger partial charge in [0.15, 0.2) is 0 Å². The normalized spacial score (nSPS) is 24.7. The zero-order valence-electron chi connectivity index (χ0n) is 14.2. The predicted octanol–water partition coefficient (Wildman–Crippen LogP) is 3.68. The summed E-state index contributed by atoms with van der Waals surface area (Å²) in [5.74, 6) is 1.36. The van der Waals surface area contributed by atoms with Gasteiger partial charge in [0.25, 0.3) is 0 Å². The van der Waals surface area contributed by atoms with Crippen LogP contribution in [0.15, 0.2) is 48.7 Å². The summed E-state index contributed by atoms with van der Waals surface area (Å²) in [5, 5.41) is 9.84. The molecule has 2 saturated heterocycles. The van der Waals surface area contributed by atoms with E-state index >= 15 is 0 Å². The summed E-state index contributed by atoms with van der Waals surface area (Å²) in [5.41, 5.74) is 1.74. The molecular weight excluding hydrogens is 312 g/mol. The summed E-state index contributed by atoms with van der Waals surface area (Å²) in [4.78, 5) is 16.7. The lowest BCUT2D eigenvalue weighted by Gasteiger charge is -2.28. The minimum absolute atomic E-state index is 0.0943. The smallest absolute Gasteiger partial charge is 0.224 e. The fourth-order valence-electron chi connectivity index (χ4n) is 4.03. The standard InChI is InChI=1S/C20H24N4O/c25-20(12-14-10-16-6-7-17(11-14)22-16)24-18-8-9-19(21-13-18)23-15-4-2-1-3-5-15/h1-5,8-9,13-14,16-17,22H,6-7,10-12H2,(H,21,23)(H,24,25). The summed E-state index contributed by atoms with van der Waals surface area (Å²) < 4.78 is 0. The van der Waals surface area contributed by atoms with E-state index in [0.29, 0.717) is 24.4 Å². The summed E-state index contributed by atoms with van der Waals surface area (Å²) >= 11 is 0. The monoisotopic (exact) mass is 336 g/mol. The number of aromatic nitrogens is 1. The fourth-order valence-corrected chi connectivity index (χ4v) is 4.03. The van der Waals surface area contributed by atoms with Crippen LogP contribution in [0.3, 0.4) is 0 Å². The van der Waals surface area contributed by atoms with Crippen molar-refractivity contribution in [3.05, 3.63) is 48.7 Å². The maximum absolute atomic E-state index is 12.3. The van der Waals surface area contributed by atoms with Crippen molar-refractivity contribution in [2.24, 2.45) is 5.92 Å². The lowest BCUT2D eigenvalue weighted by atomic mass is 9.89. The van der Waals surface area contributed by atoms with E-state index in [2.05, 4.69) is 20.9 Å². The van der Waals surface area contributed by atoms with Crippen LogP contribution < -0.4 is 16.0 Å². The second kappa shape index (κ2) is 7.23. The molecule has 2 fully saturated rings. The largest absolute Gasteiger partial charge is 0.340 e. The highest BCUT2D eigenvalue weighted by Crippen LogP contribution is 2.32. The molecule has 130 valence electrons. The van der Waals surface area contributed by atoms with E-state index in [1.807, 2.05) is 42.5 Å². The van der Waals surface area contributed by atoms with Gasteiger partial charge in [0, 0.05) is 24.2 Å². The Morgan fingerprint density at radius 2 is 1.80 bits per heavy atom. The summed E-state index contributed by atoms with van der Waals surface area (Å²) in [6, 6.07) is 14.9. The molecule has 2 aliphatic rings. The van der Waals surface area contributed by atoms with Gasteiger partial charge in [0.05, 0.1) is 11.9 Å². The number of carbonyl (C=O) groups excluding carboxylic acids is 1. The Labute approximate surface area is 148 Å². The lowest BCUT2D eigenvalue weighted by Crippen LogP contribution is -2.39. The van der Waals surface area contributed by atoms with Crippen LogP contribution in [0.1, 0.15) is 32.1 Å². The Morgan fingerprint density at radius 3 is 2.48 bits per heavy atom. The summed E-state index contributed by atoms with van der Waals surface area (Å²) in [6.45, 7) is 0. The van der Waals surface area contributed by atoms with Gasteiger partial charge in [-0.1, -0.05) is 18.2 Å². The minimum Gasteiger partial charge on any atom is -0.340 e. The molecule has 0 radical (unpaired) electrons. The average molecular weight is 336 g/mol. The van der Waals surface area contributed by atoms with E-state index < -0.39 is 0 Å². The number of hydrogen-bond donors (Lipinski definition) is 3. The minimum atomic E-state index is 0.0943. The third kappa shape index (κ3) is 4.17. The van der Waals surface area contributed by atoms with Crippen LogP contribution in [0.25, 0.3) is 0 Å². The molecule has 1 aromatic heterocycles. The number of piperidine rings is 1. The molecule has 5 nitrogen and oxygen atoms in total. The number of nitrogens with one attached hydrogen (secondary N) is 3. The van der Waals surface area contributed by atoms with E-state index in [0.717, 1.165) is 30.0 Å². The number of pyridine rings is 1. The second-order valence-electron chi connectivity index (χ2n) is 7.15. The van der Waals surface area contributed by atoms with Gasteiger partial charge in [0.2, 0.25) is 5.91 Å². The van der Waals surface area contributed by atoms with Crippen LogP contribution in [0, 0.1) is 5.92 Å². The molecule has 2 atom stereocenters. The predicted molar refractivity (Wildman–Crippen MR) is 99.9 cm³/mol. The van der Waals surface area contributed by atoms with Crippen LogP contribution in [-0.2, 0) is 4.79 Å². The maximum atomic E-state index is 12.3. The van der Waals surface area contributed by atoms with Gasteiger partial charge in [-0.25, -0.2) is 4.98 Å². The molecule has 0 saturated carbocycles. The Balaban J connectivity index is 1.29. The molecule has 0 aliphatic carbocycles. The quantitative estimate of drug-likeness (QED) is 0.779. The first-order chi connectivity index (χ1) is 12.2. The number of para-hydroxylation sites is 1.